The number of rotatable bonds is 5. The van der Waals surface area contributed by atoms with Gasteiger partial charge in [0.05, 0.1) is 19.4 Å². The SMILES string of the molecule is COc1ccc(/C=C2/N=C(SCCO)N(c3cc(C)cc(C)c3)C2=O)cc1. The number of nitrogens with zero attached hydrogens (tertiary/aromatic N) is 2. The van der Waals surface area contributed by atoms with Gasteiger partial charge in [0.15, 0.2) is 5.17 Å². The van der Waals surface area contributed by atoms with Crippen LogP contribution in [0.15, 0.2) is 53.2 Å². The molecule has 2 aromatic rings. The van der Waals surface area contributed by atoms with Crippen molar-refractivity contribution >= 4 is 34.6 Å². The Bertz CT molecular complexity index is 884. The van der Waals surface area contributed by atoms with Gasteiger partial charge in [-0.25, -0.2) is 4.99 Å². The monoisotopic (exact) mass is 382 g/mol. The fourth-order valence-corrected chi connectivity index (χ4v) is 3.65. The summed E-state index contributed by atoms with van der Waals surface area (Å²) in [5, 5.41) is 9.76. The molecule has 5 nitrogen and oxygen atoms in total. The van der Waals surface area contributed by atoms with Crippen molar-refractivity contribution in [3.63, 3.8) is 0 Å². The predicted octanol–water partition coefficient (Wildman–Crippen LogP) is 3.78. The van der Waals surface area contributed by atoms with E-state index >= 15 is 0 Å². The molecule has 0 saturated carbocycles. The molecule has 0 spiro atoms. The van der Waals surface area contributed by atoms with Crippen molar-refractivity contribution < 1.29 is 14.6 Å². The first-order chi connectivity index (χ1) is 13.0. The van der Waals surface area contributed by atoms with E-state index in [4.69, 9.17) is 4.74 Å². The Balaban J connectivity index is 1.97. The van der Waals surface area contributed by atoms with E-state index in [-0.39, 0.29) is 12.5 Å². The molecule has 140 valence electrons. The Kier molecular flexibility index (Phi) is 5.98. The van der Waals surface area contributed by atoms with Crippen LogP contribution < -0.4 is 9.64 Å². The van der Waals surface area contributed by atoms with Gasteiger partial charge in [0.25, 0.3) is 5.91 Å². The van der Waals surface area contributed by atoms with Crippen molar-refractivity contribution in [2.75, 3.05) is 24.4 Å². The highest BCUT2D eigenvalue weighted by atomic mass is 32.2. The molecule has 1 aliphatic heterocycles. The van der Waals surface area contributed by atoms with Gasteiger partial charge in [0.1, 0.15) is 11.4 Å². The van der Waals surface area contributed by atoms with E-state index in [2.05, 4.69) is 11.1 Å². The van der Waals surface area contributed by atoms with Gasteiger partial charge >= 0.3 is 0 Å². The van der Waals surface area contributed by atoms with E-state index in [1.165, 1.54) is 11.8 Å². The van der Waals surface area contributed by atoms with Crippen molar-refractivity contribution in [3.05, 3.63) is 64.9 Å². The number of carbonyl (C=O) groups excluding carboxylic acids is 1. The number of thioether (sulfide) groups is 1. The summed E-state index contributed by atoms with van der Waals surface area (Å²) in [5.41, 5.74) is 4.20. The van der Waals surface area contributed by atoms with Crippen LogP contribution in [0, 0.1) is 13.8 Å². The Morgan fingerprint density at radius 3 is 2.41 bits per heavy atom. The second-order valence-corrected chi connectivity index (χ2v) is 7.32. The summed E-state index contributed by atoms with van der Waals surface area (Å²) in [5.74, 6) is 1.06. The number of aliphatic hydroxyl groups excluding tert-OH is 1. The Morgan fingerprint density at radius 1 is 1.15 bits per heavy atom. The fourth-order valence-electron chi connectivity index (χ4n) is 2.90. The largest absolute Gasteiger partial charge is 0.497 e. The second kappa shape index (κ2) is 8.41. The number of aryl methyl sites for hydroxylation is 2. The highest BCUT2D eigenvalue weighted by Gasteiger charge is 2.32. The van der Waals surface area contributed by atoms with E-state index in [0.717, 1.165) is 28.1 Å². The van der Waals surface area contributed by atoms with Crippen LogP contribution in [0.4, 0.5) is 5.69 Å². The lowest BCUT2D eigenvalue weighted by Gasteiger charge is -2.18. The lowest BCUT2D eigenvalue weighted by atomic mass is 10.1. The van der Waals surface area contributed by atoms with Crippen molar-refractivity contribution in [1.82, 2.24) is 0 Å². The summed E-state index contributed by atoms with van der Waals surface area (Å²) in [6, 6.07) is 13.5. The number of hydrogen-bond acceptors (Lipinski definition) is 5. The van der Waals surface area contributed by atoms with Gasteiger partial charge in [-0.15, -0.1) is 0 Å². The molecule has 1 amide bonds. The molecular weight excluding hydrogens is 360 g/mol. The number of aliphatic hydroxyl groups is 1. The number of hydrogen-bond donors (Lipinski definition) is 1. The summed E-state index contributed by atoms with van der Waals surface area (Å²) in [4.78, 5) is 19.2. The molecule has 1 heterocycles. The van der Waals surface area contributed by atoms with E-state index in [0.29, 0.717) is 16.6 Å². The smallest absolute Gasteiger partial charge is 0.283 e. The quantitative estimate of drug-likeness (QED) is 0.800. The molecule has 0 aromatic heterocycles. The number of methoxy groups -OCH3 is 1. The first kappa shape index (κ1) is 19.2. The molecule has 0 saturated heterocycles. The van der Waals surface area contributed by atoms with Crippen LogP contribution in [0.2, 0.25) is 0 Å². The molecule has 3 rings (SSSR count). The van der Waals surface area contributed by atoms with Crippen molar-refractivity contribution in [2.45, 2.75) is 13.8 Å². The molecule has 0 fully saturated rings. The van der Waals surface area contributed by atoms with E-state index < -0.39 is 0 Å². The normalized spacial score (nSPS) is 15.4. The minimum absolute atomic E-state index is 0.0239. The molecule has 0 radical (unpaired) electrons. The van der Waals surface area contributed by atoms with Crippen LogP contribution in [0.3, 0.4) is 0 Å². The van der Waals surface area contributed by atoms with Crippen LogP contribution in [-0.2, 0) is 4.79 Å². The molecule has 0 atom stereocenters. The average Bonchev–Trinajstić information content (AvgIpc) is 2.95. The highest BCUT2D eigenvalue weighted by Crippen LogP contribution is 2.30. The minimum atomic E-state index is -0.170. The summed E-state index contributed by atoms with van der Waals surface area (Å²) in [6.07, 6.45) is 1.77. The fraction of sp³-hybridized carbons (Fsp3) is 0.238. The summed E-state index contributed by atoms with van der Waals surface area (Å²) < 4.78 is 5.17. The summed E-state index contributed by atoms with van der Waals surface area (Å²) >= 11 is 1.37. The first-order valence-corrected chi connectivity index (χ1v) is 9.61. The zero-order valence-corrected chi connectivity index (χ0v) is 16.4. The van der Waals surface area contributed by atoms with Crippen molar-refractivity contribution in [2.24, 2.45) is 4.99 Å². The van der Waals surface area contributed by atoms with Gasteiger partial charge in [-0.2, -0.15) is 0 Å². The second-order valence-electron chi connectivity index (χ2n) is 6.26. The number of amides is 1. The van der Waals surface area contributed by atoms with Gasteiger partial charge in [-0.05, 0) is 60.9 Å². The zero-order valence-electron chi connectivity index (χ0n) is 15.6. The third-order valence-corrected chi connectivity index (χ3v) is 4.95. The maximum atomic E-state index is 13.1. The Hall–Kier alpha value is -2.57. The number of amidine groups is 1. The van der Waals surface area contributed by atoms with Gasteiger partial charge in [-0.1, -0.05) is 30.0 Å². The van der Waals surface area contributed by atoms with Crippen LogP contribution in [0.5, 0.6) is 5.75 Å². The van der Waals surface area contributed by atoms with Gasteiger partial charge in [0, 0.05) is 5.75 Å². The lowest BCUT2D eigenvalue weighted by Crippen LogP contribution is -2.30. The van der Waals surface area contributed by atoms with E-state index in [9.17, 15) is 9.90 Å². The third-order valence-electron chi connectivity index (χ3n) is 4.04. The molecule has 0 unspecified atom stereocenters. The number of anilines is 1. The van der Waals surface area contributed by atoms with Crippen molar-refractivity contribution in [1.29, 1.82) is 0 Å². The van der Waals surface area contributed by atoms with Gasteiger partial charge < -0.3 is 9.84 Å². The number of benzene rings is 2. The van der Waals surface area contributed by atoms with E-state index in [1.54, 1.807) is 18.1 Å². The molecule has 2 aromatic carbocycles. The molecule has 1 aliphatic rings. The van der Waals surface area contributed by atoms with Crippen LogP contribution >= 0.6 is 11.8 Å². The summed E-state index contributed by atoms with van der Waals surface area (Å²) in [7, 11) is 1.62. The maximum absolute atomic E-state index is 13.1. The first-order valence-electron chi connectivity index (χ1n) is 8.62. The molecule has 0 aliphatic carbocycles. The minimum Gasteiger partial charge on any atom is -0.497 e. The molecule has 0 bridgehead atoms. The number of carbonyl (C=O) groups is 1. The molecule has 1 N–H and O–H groups in total. The Morgan fingerprint density at radius 2 is 1.81 bits per heavy atom. The standard InChI is InChI=1S/C21H22N2O3S/c1-14-10-15(2)12-17(11-14)23-20(25)19(22-21(23)27-9-8-24)13-16-4-6-18(26-3)7-5-16/h4-7,10-13,24H,8-9H2,1-3H3/b19-13+. The third kappa shape index (κ3) is 4.40. The summed E-state index contributed by atoms with van der Waals surface area (Å²) in [6.45, 7) is 4.03. The number of aliphatic imine (C=N–C) groups is 1. The van der Waals surface area contributed by atoms with E-state index in [1.807, 2.05) is 50.2 Å². The lowest BCUT2D eigenvalue weighted by molar-refractivity contribution is -0.113. The average molecular weight is 382 g/mol. The topological polar surface area (TPSA) is 62.1 Å². The van der Waals surface area contributed by atoms with Crippen LogP contribution in [0.1, 0.15) is 16.7 Å². The van der Waals surface area contributed by atoms with Crippen LogP contribution in [-0.4, -0.2) is 35.7 Å². The van der Waals surface area contributed by atoms with Crippen molar-refractivity contribution in [3.8, 4) is 5.75 Å². The Labute approximate surface area is 163 Å². The van der Waals surface area contributed by atoms with Gasteiger partial charge in [0.2, 0.25) is 0 Å². The molecule has 27 heavy (non-hydrogen) atoms. The zero-order chi connectivity index (χ0) is 19.4. The predicted molar refractivity (Wildman–Crippen MR) is 111 cm³/mol. The molecular formula is C21H22N2O3S. The van der Waals surface area contributed by atoms with Gasteiger partial charge in [-0.3, -0.25) is 9.69 Å². The number of ether oxygens (including phenoxy) is 1. The highest BCUT2D eigenvalue weighted by molar-refractivity contribution is 8.14. The molecule has 6 heteroatoms. The van der Waals surface area contributed by atoms with Crippen LogP contribution in [0.25, 0.3) is 6.08 Å². The maximum Gasteiger partial charge on any atom is 0.283 e.